The number of hydrogen-bond acceptors (Lipinski definition) is 8. The largest absolute Gasteiger partial charge is 0.507 e. The maximum Gasteiger partial charge on any atom is 0.365 e. The third kappa shape index (κ3) is 3.01. The van der Waals surface area contributed by atoms with Crippen LogP contribution in [0.4, 0.5) is 11.4 Å². The molecule has 2 aromatic rings. The fraction of sp³-hybridized carbons (Fsp3) is 0.105. The highest BCUT2D eigenvalue weighted by atomic mass is 16.6. The molecule has 3 rings (SSSR count). The topological polar surface area (TPSA) is 147 Å². The zero-order chi connectivity index (χ0) is 21.3. The second-order valence-electron chi connectivity index (χ2n) is 6.00. The third-order valence-electron chi connectivity index (χ3n) is 4.37. The van der Waals surface area contributed by atoms with Crippen LogP contribution in [0, 0.1) is 10.1 Å². The molecule has 0 spiro atoms. The van der Waals surface area contributed by atoms with Crippen LogP contribution in [-0.4, -0.2) is 45.6 Å². The van der Waals surface area contributed by atoms with Crippen LogP contribution >= 0.6 is 0 Å². The van der Waals surface area contributed by atoms with E-state index in [1.54, 1.807) is 6.07 Å². The number of carbonyl (C=O) groups excluding carboxylic acids is 3. The monoisotopic (exact) mass is 398 g/mol. The number of non-ortho nitro benzene ring substituents is 1. The van der Waals surface area contributed by atoms with E-state index < -0.39 is 39.6 Å². The van der Waals surface area contributed by atoms with E-state index in [1.807, 2.05) is 0 Å². The van der Waals surface area contributed by atoms with Gasteiger partial charge in [0, 0.05) is 23.4 Å². The molecule has 1 aliphatic rings. The normalized spacial score (nSPS) is 20.6. The summed E-state index contributed by atoms with van der Waals surface area (Å²) < 4.78 is 4.58. The number of esters is 1. The number of benzene rings is 2. The number of anilines is 1. The van der Waals surface area contributed by atoms with E-state index in [4.69, 9.17) is 0 Å². The van der Waals surface area contributed by atoms with Gasteiger partial charge in [-0.3, -0.25) is 24.6 Å². The SMILES string of the molecule is COC(=O)C1(O)C(=C(O)c2ccc([N+](=O)[O-])cc2)C(=O)C(=O)N1c1ccccc1. The molecule has 0 aliphatic carbocycles. The van der Waals surface area contributed by atoms with Crippen molar-refractivity contribution in [2.75, 3.05) is 12.0 Å². The van der Waals surface area contributed by atoms with Gasteiger partial charge in [0.25, 0.3) is 17.2 Å². The van der Waals surface area contributed by atoms with Crippen molar-refractivity contribution in [1.29, 1.82) is 0 Å². The second kappa shape index (κ2) is 7.17. The number of para-hydroxylation sites is 1. The Kier molecular flexibility index (Phi) is 4.87. The van der Waals surface area contributed by atoms with E-state index in [0.29, 0.717) is 4.90 Å². The molecule has 1 aliphatic heterocycles. The molecule has 29 heavy (non-hydrogen) atoms. The molecule has 1 amide bonds. The summed E-state index contributed by atoms with van der Waals surface area (Å²) in [6, 6.07) is 11.7. The Morgan fingerprint density at radius 3 is 2.21 bits per heavy atom. The van der Waals surface area contributed by atoms with Crippen molar-refractivity contribution in [3.63, 3.8) is 0 Å². The first kappa shape index (κ1) is 19.7. The molecule has 1 atom stereocenters. The Labute approximate surface area is 163 Å². The molecule has 10 heteroatoms. The number of nitro benzene ring substituents is 1. The minimum Gasteiger partial charge on any atom is -0.507 e. The Bertz CT molecular complexity index is 1050. The van der Waals surface area contributed by atoms with E-state index >= 15 is 0 Å². The van der Waals surface area contributed by atoms with Gasteiger partial charge in [-0.25, -0.2) is 4.79 Å². The van der Waals surface area contributed by atoms with Gasteiger partial charge in [-0.2, -0.15) is 0 Å². The molecule has 0 aromatic heterocycles. The Morgan fingerprint density at radius 2 is 1.69 bits per heavy atom. The van der Waals surface area contributed by atoms with E-state index in [-0.39, 0.29) is 16.9 Å². The molecule has 1 unspecified atom stereocenters. The summed E-state index contributed by atoms with van der Waals surface area (Å²) >= 11 is 0. The number of aliphatic hydroxyl groups is 2. The fourth-order valence-corrected chi connectivity index (χ4v) is 3.00. The number of nitrogens with zero attached hydrogens (tertiary/aromatic N) is 2. The van der Waals surface area contributed by atoms with Crippen LogP contribution in [0.15, 0.2) is 60.2 Å². The third-order valence-corrected chi connectivity index (χ3v) is 4.37. The molecule has 0 bridgehead atoms. The molecule has 1 fully saturated rings. The van der Waals surface area contributed by atoms with Crippen LogP contribution in [0.1, 0.15) is 5.56 Å². The highest BCUT2D eigenvalue weighted by molar-refractivity contribution is 6.54. The minimum absolute atomic E-state index is 0.0187. The second-order valence-corrected chi connectivity index (χ2v) is 6.00. The first-order valence-electron chi connectivity index (χ1n) is 8.16. The van der Waals surface area contributed by atoms with Crippen molar-refractivity contribution in [2.45, 2.75) is 5.72 Å². The van der Waals surface area contributed by atoms with Gasteiger partial charge in [0.05, 0.1) is 12.0 Å². The smallest absolute Gasteiger partial charge is 0.365 e. The van der Waals surface area contributed by atoms with Crippen molar-refractivity contribution in [1.82, 2.24) is 0 Å². The van der Waals surface area contributed by atoms with Gasteiger partial charge >= 0.3 is 11.9 Å². The number of ether oxygens (including phenoxy) is 1. The number of carbonyl (C=O) groups is 3. The maximum atomic E-state index is 12.6. The van der Waals surface area contributed by atoms with Gasteiger partial charge in [-0.15, -0.1) is 0 Å². The van der Waals surface area contributed by atoms with Crippen molar-refractivity contribution in [2.24, 2.45) is 0 Å². The lowest BCUT2D eigenvalue weighted by atomic mass is 9.97. The maximum absolute atomic E-state index is 12.6. The number of amides is 1. The molecule has 148 valence electrons. The highest BCUT2D eigenvalue weighted by Crippen LogP contribution is 2.39. The summed E-state index contributed by atoms with van der Waals surface area (Å²) in [5.74, 6) is -4.83. The molecule has 2 N–H and O–H groups in total. The summed E-state index contributed by atoms with van der Waals surface area (Å²) in [5.41, 5.74) is -4.23. The summed E-state index contributed by atoms with van der Waals surface area (Å²) in [6.07, 6.45) is 0. The lowest BCUT2D eigenvalue weighted by Crippen LogP contribution is -2.54. The molecular weight excluding hydrogens is 384 g/mol. The highest BCUT2D eigenvalue weighted by Gasteiger charge is 2.62. The van der Waals surface area contributed by atoms with E-state index in [2.05, 4.69) is 4.74 Å². The predicted octanol–water partition coefficient (Wildman–Crippen LogP) is 1.34. The Hall–Kier alpha value is -4.05. The van der Waals surface area contributed by atoms with Crippen molar-refractivity contribution in [3.8, 4) is 0 Å². The Morgan fingerprint density at radius 1 is 1.10 bits per heavy atom. The van der Waals surface area contributed by atoms with Crippen LogP contribution in [0.5, 0.6) is 0 Å². The number of ketones is 1. The molecular formula is C19H14N2O8. The van der Waals surface area contributed by atoms with Crippen molar-refractivity contribution < 1.29 is 34.3 Å². The van der Waals surface area contributed by atoms with Crippen molar-refractivity contribution >= 4 is 34.8 Å². The zero-order valence-corrected chi connectivity index (χ0v) is 14.9. The van der Waals surface area contributed by atoms with Gasteiger partial charge in [0.2, 0.25) is 0 Å². The average Bonchev–Trinajstić information content (AvgIpc) is 2.93. The summed E-state index contributed by atoms with van der Waals surface area (Å²) in [7, 11) is 0.942. The number of methoxy groups -OCH3 is 1. The minimum atomic E-state index is -2.93. The number of aliphatic hydroxyl groups excluding tert-OH is 1. The van der Waals surface area contributed by atoms with Gasteiger partial charge in [0.1, 0.15) is 11.3 Å². The van der Waals surface area contributed by atoms with Gasteiger partial charge in [0.15, 0.2) is 0 Å². The average molecular weight is 398 g/mol. The number of hydrogen-bond donors (Lipinski definition) is 2. The lowest BCUT2D eigenvalue weighted by Gasteiger charge is -2.30. The first-order valence-corrected chi connectivity index (χ1v) is 8.16. The number of nitro groups is 1. The molecule has 0 radical (unpaired) electrons. The standard InChI is InChI=1S/C19H14N2O8/c1-29-18(25)19(26)14(15(22)11-7-9-13(10-8-11)21(27)28)16(23)17(24)20(19)12-5-3-2-4-6-12/h2-10,22,26H,1H3. The molecule has 1 saturated heterocycles. The fourth-order valence-electron chi connectivity index (χ4n) is 3.00. The predicted molar refractivity (Wildman–Crippen MR) is 98.5 cm³/mol. The van der Waals surface area contributed by atoms with Crippen molar-refractivity contribution in [3.05, 3.63) is 75.8 Å². The van der Waals surface area contributed by atoms with Crippen LogP contribution in [0.3, 0.4) is 0 Å². The molecule has 1 heterocycles. The van der Waals surface area contributed by atoms with Gasteiger partial charge < -0.3 is 14.9 Å². The van der Waals surface area contributed by atoms with Crippen LogP contribution in [-0.2, 0) is 19.1 Å². The van der Waals surface area contributed by atoms with Crippen LogP contribution in [0.25, 0.3) is 5.76 Å². The molecule has 0 saturated carbocycles. The first-order chi connectivity index (χ1) is 13.7. The van der Waals surface area contributed by atoms with Gasteiger partial charge in [-0.05, 0) is 24.3 Å². The molecule has 2 aromatic carbocycles. The quantitative estimate of drug-likeness (QED) is 0.196. The van der Waals surface area contributed by atoms with E-state index in [1.165, 1.54) is 24.3 Å². The van der Waals surface area contributed by atoms with Crippen LogP contribution < -0.4 is 4.90 Å². The van der Waals surface area contributed by atoms with Crippen LogP contribution in [0.2, 0.25) is 0 Å². The summed E-state index contributed by atoms with van der Waals surface area (Å²) in [5, 5.41) is 32.5. The molecule has 10 nitrogen and oxygen atoms in total. The van der Waals surface area contributed by atoms with Gasteiger partial charge in [-0.1, -0.05) is 18.2 Å². The lowest BCUT2D eigenvalue weighted by molar-refractivity contribution is -0.384. The van der Waals surface area contributed by atoms with E-state index in [0.717, 1.165) is 31.4 Å². The Balaban J connectivity index is 2.24. The summed E-state index contributed by atoms with van der Waals surface area (Å²) in [4.78, 5) is 48.3. The number of rotatable bonds is 4. The zero-order valence-electron chi connectivity index (χ0n) is 14.9. The summed E-state index contributed by atoms with van der Waals surface area (Å²) in [6.45, 7) is 0. The number of Topliss-reactive ketones (excluding diaryl/α,β-unsaturated/α-hetero) is 1. The van der Waals surface area contributed by atoms with E-state index in [9.17, 15) is 34.7 Å².